The Morgan fingerprint density at radius 3 is 2.81 bits per heavy atom. The van der Waals surface area contributed by atoms with Crippen molar-refractivity contribution in [2.24, 2.45) is 0 Å². The SMILES string of the molecule is CCNC(=O)c1cc2c(=O)n3cccc(C)c3nc2[n+]([C@H](C)CC)c1N. The first-order valence-corrected chi connectivity index (χ1v) is 8.84. The van der Waals surface area contributed by atoms with Crippen LogP contribution in [0, 0.1) is 6.92 Å². The molecule has 0 aromatic carbocycles. The van der Waals surface area contributed by atoms with Gasteiger partial charge in [-0.05, 0) is 39.3 Å². The Bertz CT molecular complexity index is 1070. The second kappa shape index (κ2) is 6.74. The van der Waals surface area contributed by atoms with Gasteiger partial charge in [0.25, 0.3) is 17.1 Å². The minimum Gasteiger partial charge on any atom is -0.352 e. The van der Waals surface area contributed by atoms with E-state index in [-0.39, 0.29) is 17.5 Å². The number of anilines is 1. The Morgan fingerprint density at radius 1 is 1.42 bits per heavy atom. The zero-order valence-corrected chi connectivity index (χ0v) is 15.5. The summed E-state index contributed by atoms with van der Waals surface area (Å²) in [5, 5.41) is 3.13. The summed E-state index contributed by atoms with van der Waals surface area (Å²) in [7, 11) is 0. The molecule has 26 heavy (non-hydrogen) atoms. The molecule has 0 unspecified atom stereocenters. The van der Waals surface area contributed by atoms with Crippen molar-refractivity contribution < 1.29 is 9.36 Å². The van der Waals surface area contributed by atoms with Crippen LogP contribution < -0.4 is 21.2 Å². The molecule has 0 saturated heterocycles. The van der Waals surface area contributed by atoms with Crippen molar-refractivity contribution in [3.63, 3.8) is 0 Å². The number of fused-ring (bicyclic) bond motifs is 2. The number of amides is 1. The molecule has 1 atom stereocenters. The first kappa shape index (κ1) is 17.8. The highest BCUT2D eigenvalue weighted by molar-refractivity contribution is 6.00. The fourth-order valence-corrected chi connectivity index (χ4v) is 3.14. The second-order valence-electron chi connectivity index (χ2n) is 6.47. The molecule has 0 aliphatic carbocycles. The Balaban J connectivity index is 2.51. The van der Waals surface area contributed by atoms with Gasteiger partial charge in [0, 0.05) is 18.3 Å². The van der Waals surface area contributed by atoms with Crippen LogP contribution >= 0.6 is 0 Å². The lowest BCUT2D eigenvalue weighted by molar-refractivity contribution is -0.683. The first-order valence-electron chi connectivity index (χ1n) is 8.84. The van der Waals surface area contributed by atoms with Crippen molar-refractivity contribution in [1.82, 2.24) is 14.7 Å². The summed E-state index contributed by atoms with van der Waals surface area (Å²) in [6.07, 6.45) is 2.48. The van der Waals surface area contributed by atoms with Gasteiger partial charge in [0.1, 0.15) is 10.9 Å². The topological polar surface area (TPSA) is 93.4 Å². The van der Waals surface area contributed by atoms with Gasteiger partial charge in [-0.3, -0.25) is 14.0 Å². The number of hydrogen-bond acceptors (Lipinski definition) is 4. The number of nitrogens with one attached hydrogen (secondary N) is 1. The Labute approximate surface area is 151 Å². The van der Waals surface area contributed by atoms with E-state index in [9.17, 15) is 9.59 Å². The normalized spacial score (nSPS) is 12.5. The number of rotatable bonds is 4. The average Bonchev–Trinajstić information content (AvgIpc) is 2.62. The highest BCUT2D eigenvalue weighted by atomic mass is 16.1. The van der Waals surface area contributed by atoms with Gasteiger partial charge in [-0.25, -0.2) is 4.57 Å². The molecule has 136 valence electrons. The molecule has 3 rings (SSSR count). The van der Waals surface area contributed by atoms with Gasteiger partial charge in [0.05, 0.1) is 6.04 Å². The quantitative estimate of drug-likeness (QED) is 0.551. The first-order chi connectivity index (χ1) is 12.4. The molecule has 0 bridgehead atoms. The molecule has 0 radical (unpaired) electrons. The fourth-order valence-electron chi connectivity index (χ4n) is 3.14. The van der Waals surface area contributed by atoms with Crippen molar-refractivity contribution in [3.05, 3.63) is 45.9 Å². The van der Waals surface area contributed by atoms with Crippen molar-refractivity contribution in [2.45, 2.75) is 40.2 Å². The Kier molecular flexibility index (Phi) is 4.63. The molecule has 0 fully saturated rings. The summed E-state index contributed by atoms with van der Waals surface area (Å²) in [4.78, 5) is 30.3. The summed E-state index contributed by atoms with van der Waals surface area (Å²) in [5.41, 5.74) is 8.42. The van der Waals surface area contributed by atoms with Crippen LogP contribution in [0.2, 0.25) is 0 Å². The van der Waals surface area contributed by atoms with Crippen LogP contribution in [0.5, 0.6) is 0 Å². The molecule has 0 saturated carbocycles. The van der Waals surface area contributed by atoms with Gasteiger partial charge in [0.15, 0.2) is 0 Å². The Hall–Kier alpha value is -2.96. The van der Waals surface area contributed by atoms with Crippen LogP contribution in [-0.2, 0) is 0 Å². The van der Waals surface area contributed by atoms with Crippen LogP contribution in [0.4, 0.5) is 5.82 Å². The number of carbonyl (C=O) groups is 1. The van der Waals surface area contributed by atoms with Gasteiger partial charge in [-0.2, -0.15) is 0 Å². The zero-order chi connectivity index (χ0) is 19.0. The molecule has 7 heteroatoms. The molecule has 3 aromatic heterocycles. The van der Waals surface area contributed by atoms with Crippen molar-refractivity contribution in [1.29, 1.82) is 0 Å². The number of pyridine rings is 2. The number of hydrogen-bond donors (Lipinski definition) is 2. The van der Waals surface area contributed by atoms with E-state index in [1.54, 1.807) is 16.8 Å². The summed E-state index contributed by atoms with van der Waals surface area (Å²) >= 11 is 0. The molecule has 0 spiro atoms. The van der Waals surface area contributed by atoms with Crippen molar-refractivity contribution in [3.8, 4) is 0 Å². The van der Waals surface area contributed by atoms with Crippen LogP contribution in [0.25, 0.3) is 16.7 Å². The van der Waals surface area contributed by atoms with Crippen LogP contribution in [0.3, 0.4) is 0 Å². The van der Waals surface area contributed by atoms with E-state index in [0.717, 1.165) is 12.0 Å². The molecule has 0 aliphatic heterocycles. The Morgan fingerprint density at radius 2 is 2.15 bits per heavy atom. The van der Waals surface area contributed by atoms with Crippen LogP contribution in [0.1, 0.15) is 49.2 Å². The summed E-state index contributed by atoms with van der Waals surface area (Å²) in [6.45, 7) is 8.26. The maximum absolute atomic E-state index is 13.1. The van der Waals surface area contributed by atoms with E-state index in [4.69, 9.17) is 10.7 Å². The lowest BCUT2D eigenvalue weighted by Crippen LogP contribution is -2.45. The van der Waals surface area contributed by atoms with E-state index in [1.165, 1.54) is 4.40 Å². The van der Waals surface area contributed by atoms with Gasteiger partial charge in [-0.15, -0.1) is 0 Å². The van der Waals surface area contributed by atoms with E-state index < -0.39 is 0 Å². The third kappa shape index (κ3) is 2.69. The predicted octanol–water partition coefficient (Wildman–Crippen LogP) is 1.75. The molecule has 0 aliphatic rings. The molecule has 3 N–H and O–H groups in total. The second-order valence-corrected chi connectivity index (χ2v) is 6.47. The molecular weight excluding hydrogens is 330 g/mol. The maximum Gasteiger partial charge on any atom is 0.278 e. The number of nitrogen functional groups attached to an aromatic ring is 1. The van der Waals surface area contributed by atoms with Gasteiger partial charge < -0.3 is 11.1 Å². The van der Waals surface area contributed by atoms with E-state index in [2.05, 4.69) is 5.32 Å². The standard InChI is InChI=1S/C19H23N5O2/c1-5-12(4)24-15(20)13(18(25)21-6-2)10-14-17(24)22-16-11(3)8-7-9-23(16)19(14)26/h7-10,12,20H,5-6H2,1-4H3,(H,21,25)/p+1/t12-/m1/s1. The van der Waals surface area contributed by atoms with Crippen LogP contribution in [0.15, 0.2) is 29.2 Å². The number of nitrogens with two attached hydrogens (primary N) is 1. The fraction of sp³-hybridized carbons (Fsp3) is 0.368. The monoisotopic (exact) mass is 354 g/mol. The predicted molar refractivity (Wildman–Crippen MR) is 101 cm³/mol. The van der Waals surface area contributed by atoms with Gasteiger partial charge >= 0.3 is 0 Å². The van der Waals surface area contributed by atoms with Crippen LogP contribution in [-0.4, -0.2) is 21.8 Å². The summed E-state index contributed by atoms with van der Waals surface area (Å²) < 4.78 is 3.31. The van der Waals surface area contributed by atoms with E-state index >= 15 is 0 Å². The minimum atomic E-state index is -0.294. The summed E-state index contributed by atoms with van der Waals surface area (Å²) in [5.74, 6) is 0.0281. The lowest BCUT2D eigenvalue weighted by Gasteiger charge is -2.16. The minimum absolute atomic E-state index is 0.00903. The molecule has 1 amide bonds. The average molecular weight is 354 g/mol. The maximum atomic E-state index is 13.1. The van der Waals surface area contributed by atoms with Gasteiger partial charge in [-0.1, -0.05) is 18.0 Å². The molecular formula is C19H24N5O2+. The van der Waals surface area contributed by atoms with Crippen molar-refractivity contribution >= 4 is 28.4 Å². The number of aromatic nitrogens is 3. The number of nitrogens with zero attached hydrogens (tertiary/aromatic N) is 3. The molecule has 3 aromatic rings. The van der Waals surface area contributed by atoms with Crippen molar-refractivity contribution in [2.75, 3.05) is 12.3 Å². The highest BCUT2D eigenvalue weighted by Crippen LogP contribution is 2.18. The number of aryl methyl sites for hydroxylation is 1. The molecule has 3 heterocycles. The van der Waals surface area contributed by atoms with E-state index in [0.29, 0.717) is 34.6 Å². The zero-order valence-electron chi connectivity index (χ0n) is 15.5. The lowest BCUT2D eigenvalue weighted by atomic mass is 10.1. The third-order valence-corrected chi connectivity index (χ3v) is 4.73. The highest BCUT2D eigenvalue weighted by Gasteiger charge is 2.26. The smallest absolute Gasteiger partial charge is 0.278 e. The number of carbonyl (C=O) groups excluding carboxylic acids is 1. The third-order valence-electron chi connectivity index (χ3n) is 4.73. The van der Waals surface area contributed by atoms with E-state index in [1.807, 2.05) is 39.8 Å². The largest absolute Gasteiger partial charge is 0.352 e. The summed E-state index contributed by atoms with van der Waals surface area (Å²) in [6, 6.07) is 5.26. The van der Waals surface area contributed by atoms with Gasteiger partial charge in [0.2, 0.25) is 11.5 Å². The molecule has 7 nitrogen and oxygen atoms in total.